The lowest BCUT2D eigenvalue weighted by atomic mass is 9.64. The summed E-state index contributed by atoms with van der Waals surface area (Å²) in [5.41, 5.74) is 14.5. The number of nitrogens with two attached hydrogens (primary N) is 1. The molecule has 0 spiro atoms. The average molecular weight is 434 g/mol. The van der Waals surface area contributed by atoms with E-state index in [1.54, 1.807) is 6.20 Å². The number of benzene rings is 2. The van der Waals surface area contributed by atoms with Gasteiger partial charge in [0.25, 0.3) is 0 Å². The first kappa shape index (κ1) is 19.9. The predicted octanol–water partition coefficient (Wildman–Crippen LogP) is 6.41. The molecule has 1 aliphatic rings. The molecule has 5 nitrogen and oxygen atoms in total. The molecule has 1 aliphatic carbocycles. The smallest absolute Gasteiger partial charge is 0.134 e. The monoisotopic (exact) mass is 433 g/mol. The fraction of sp³-hybridized carbons (Fsp3) is 0.250. The molecule has 5 heteroatoms. The molecule has 5 aromatic rings. The van der Waals surface area contributed by atoms with Gasteiger partial charge in [0, 0.05) is 22.4 Å². The van der Waals surface area contributed by atoms with Crippen molar-refractivity contribution in [3.8, 4) is 22.5 Å². The number of rotatable bonds is 3. The molecule has 0 aliphatic heterocycles. The molecule has 0 amide bonds. The summed E-state index contributed by atoms with van der Waals surface area (Å²) in [5, 5.41) is 5.76. The summed E-state index contributed by atoms with van der Waals surface area (Å²) in [6.07, 6.45) is 3.99. The average Bonchev–Trinajstić information content (AvgIpc) is 3.18. The fourth-order valence-electron chi connectivity index (χ4n) is 5.33. The number of hydrogen-bond donors (Lipinski definition) is 1. The summed E-state index contributed by atoms with van der Waals surface area (Å²) in [7, 11) is 0. The number of hydrogen-bond acceptors (Lipinski definition) is 4. The Kier molecular flexibility index (Phi) is 4.31. The Morgan fingerprint density at radius 2 is 1.70 bits per heavy atom. The summed E-state index contributed by atoms with van der Waals surface area (Å²) in [5.74, 6) is 1.41. The lowest BCUT2D eigenvalue weighted by Gasteiger charge is -2.41. The third kappa shape index (κ3) is 3.18. The van der Waals surface area contributed by atoms with Crippen LogP contribution >= 0.6 is 0 Å². The summed E-state index contributed by atoms with van der Waals surface area (Å²) in [4.78, 5) is 10.2. The minimum absolute atomic E-state index is 0.355. The lowest BCUT2D eigenvalue weighted by Crippen LogP contribution is -2.31. The van der Waals surface area contributed by atoms with Gasteiger partial charge in [-0.3, -0.25) is 0 Å². The Bertz CT molecular complexity index is 1510. The molecule has 164 valence electrons. The highest BCUT2D eigenvalue weighted by Gasteiger charge is 2.40. The van der Waals surface area contributed by atoms with Gasteiger partial charge in [0.15, 0.2) is 0 Å². The molecule has 0 unspecified atom stereocenters. The standard InChI is InChI=1S/C28H27N5/c1-17-21(11-9-19-10-12-23(31-24(17)19)18-7-5-4-6-8-18)25-26-22(29)13-14-30-33(26)27(32-25)20-15-28(2,3)16-20/h4-14,20H,15-16,29H2,1-3H3. The zero-order chi connectivity index (χ0) is 22.7. The molecule has 0 atom stereocenters. The molecule has 0 bridgehead atoms. The van der Waals surface area contributed by atoms with E-state index < -0.39 is 0 Å². The zero-order valence-corrected chi connectivity index (χ0v) is 19.2. The number of fused-ring (bicyclic) bond motifs is 2. The van der Waals surface area contributed by atoms with Crippen LogP contribution in [0.15, 0.2) is 66.9 Å². The Labute approximate surface area is 193 Å². The minimum atomic E-state index is 0.355. The van der Waals surface area contributed by atoms with E-state index in [4.69, 9.17) is 15.7 Å². The van der Waals surface area contributed by atoms with Crippen molar-refractivity contribution in [2.75, 3.05) is 5.73 Å². The second-order valence-corrected chi connectivity index (χ2v) is 10.0. The summed E-state index contributed by atoms with van der Waals surface area (Å²) >= 11 is 0. The van der Waals surface area contributed by atoms with E-state index in [-0.39, 0.29) is 0 Å². The number of nitrogen functional groups attached to an aromatic ring is 1. The molecule has 2 N–H and O–H groups in total. The Morgan fingerprint density at radius 3 is 2.45 bits per heavy atom. The maximum atomic E-state index is 6.47. The van der Waals surface area contributed by atoms with Gasteiger partial charge >= 0.3 is 0 Å². The third-order valence-electron chi connectivity index (χ3n) is 6.99. The van der Waals surface area contributed by atoms with Crippen LogP contribution in [0.5, 0.6) is 0 Å². The molecule has 3 heterocycles. The van der Waals surface area contributed by atoms with Crippen molar-refractivity contribution in [3.63, 3.8) is 0 Å². The first-order valence-electron chi connectivity index (χ1n) is 11.5. The molecule has 0 saturated heterocycles. The van der Waals surface area contributed by atoms with E-state index in [9.17, 15) is 0 Å². The van der Waals surface area contributed by atoms with Gasteiger partial charge in [-0.2, -0.15) is 5.10 Å². The molecule has 6 rings (SSSR count). The highest BCUT2D eigenvalue weighted by Crippen LogP contribution is 2.50. The second kappa shape index (κ2) is 7.14. The van der Waals surface area contributed by atoms with Gasteiger partial charge in [0.05, 0.1) is 23.1 Å². The number of pyridine rings is 1. The quantitative estimate of drug-likeness (QED) is 0.357. The number of aryl methyl sites for hydroxylation is 1. The van der Waals surface area contributed by atoms with Crippen LogP contribution in [0.2, 0.25) is 0 Å². The van der Waals surface area contributed by atoms with Gasteiger partial charge in [-0.05, 0) is 42.9 Å². The third-order valence-corrected chi connectivity index (χ3v) is 6.99. The topological polar surface area (TPSA) is 69.1 Å². The van der Waals surface area contributed by atoms with Crippen LogP contribution in [0.25, 0.3) is 38.9 Å². The summed E-state index contributed by atoms with van der Waals surface area (Å²) in [6, 6.07) is 20.7. The SMILES string of the molecule is Cc1c(-c2nc(C3CC(C)(C)C3)n3nccc(N)c23)ccc2ccc(-c3ccccc3)nc12. The van der Waals surface area contributed by atoms with Crippen LogP contribution < -0.4 is 5.73 Å². The molecule has 3 aromatic heterocycles. The van der Waals surface area contributed by atoms with Gasteiger partial charge in [0.1, 0.15) is 17.0 Å². The van der Waals surface area contributed by atoms with E-state index in [1.807, 2.05) is 28.8 Å². The van der Waals surface area contributed by atoms with E-state index in [0.717, 1.165) is 63.2 Å². The summed E-state index contributed by atoms with van der Waals surface area (Å²) in [6.45, 7) is 6.75. The fourth-order valence-corrected chi connectivity index (χ4v) is 5.33. The van der Waals surface area contributed by atoms with E-state index >= 15 is 0 Å². The molecular weight excluding hydrogens is 406 g/mol. The van der Waals surface area contributed by atoms with Crippen molar-refractivity contribution in [1.82, 2.24) is 19.6 Å². The Balaban J connectivity index is 1.55. The van der Waals surface area contributed by atoms with Crippen LogP contribution in [-0.4, -0.2) is 19.6 Å². The Hall–Kier alpha value is -3.73. The number of imidazole rings is 1. The van der Waals surface area contributed by atoms with Crippen LogP contribution in [0, 0.1) is 12.3 Å². The normalized spacial score (nSPS) is 15.7. The second-order valence-electron chi connectivity index (χ2n) is 10.0. The largest absolute Gasteiger partial charge is 0.397 e. The van der Waals surface area contributed by atoms with Gasteiger partial charge in [-0.1, -0.05) is 62.4 Å². The van der Waals surface area contributed by atoms with Crippen LogP contribution in [-0.2, 0) is 0 Å². The van der Waals surface area contributed by atoms with Crippen molar-refractivity contribution in [2.24, 2.45) is 5.41 Å². The van der Waals surface area contributed by atoms with Crippen LogP contribution in [0.3, 0.4) is 0 Å². The molecule has 0 radical (unpaired) electrons. The number of aromatic nitrogens is 4. The zero-order valence-electron chi connectivity index (χ0n) is 19.2. The highest BCUT2D eigenvalue weighted by molar-refractivity contribution is 5.95. The number of anilines is 1. The molecule has 1 saturated carbocycles. The number of nitrogens with zero attached hydrogens (tertiary/aromatic N) is 4. The van der Waals surface area contributed by atoms with Crippen LogP contribution in [0.1, 0.15) is 44.0 Å². The van der Waals surface area contributed by atoms with Crippen molar-refractivity contribution >= 4 is 22.1 Å². The lowest BCUT2D eigenvalue weighted by molar-refractivity contribution is 0.144. The van der Waals surface area contributed by atoms with Crippen molar-refractivity contribution in [3.05, 3.63) is 78.2 Å². The molecule has 2 aromatic carbocycles. The minimum Gasteiger partial charge on any atom is -0.397 e. The van der Waals surface area contributed by atoms with Crippen molar-refractivity contribution in [1.29, 1.82) is 0 Å². The van der Waals surface area contributed by atoms with E-state index in [1.165, 1.54) is 0 Å². The summed E-state index contributed by atoms with van der Waals surface area (Å²) < 4.78 is 1.96. The van der Waals surface area contributed by atoms with E-state index in [0.29, 0.717) is 17.0 Å². The first-order chi connectivity index (χ1) is 15.9. The predicted molar refractivity (Wildman–Crippen MR) is 134 cm³/mol. The van der Waals surface area contributed by atoms with Gasteiger partial charge in [-0.25, -0.2) is 14.5 Å². The molecular formula is C28H27N5. The molecule has 33 heavy (non-hydrogen) atoms. The van der Waals surface area contributed by atoms with Crippen molar-refractivity contribution in [2.45, 2.75) is 39.5 Å². The van der Waals surface area contributed by atoms with Crippen LogP contribution in [0.4, 0.5) is 5.69 Å². The highest BCUT2D eigenvalue weighted by atomic mass is 15.3. The Morgan fingerprint density at radius 1 is 0.939 bits per heavy atom. The maximum Gasteiger partial charge on any atom is 0.134 e. The van der Waals surface area contributed by atoms with Gasteiger partial charge in [-0.15, -0.1) is 0 Å². The van der Waals surface area contributed by atoms with Crippen molar-refractivity contribution < 1.29 is 0 Å². The first-order valence-corrected chi connectivity index (χ1v) is 11.5. The maximum absolute atomic E-state index is 6.47. The van der Waals surface area contributed by atoms with Gasteiger partial charge < -0.3 is 5.73 Å². The molecule has 1 fully saturated rings. The van der Waals surface area contributed by atoms with E-state index in [2.05, 4.69) is 62.3 Å². The van der Waals surface area contributed by atoms with Gasteiger partial charge in [0.2, 0.25) is 0 Å².